The number of Topliss-reactive ketones (excluding diaryl/α,β-unsaturated/α-hetero) is 6. The Kier molecular flexibility index (Phi) is 26.5. The van der Waals surface area contributed by atoms with Crippen LogP contribution >= 0.6 is 11.6 Å². The predicted octanol–water partition coefficient (Wildman–Crippen LogP) is 25.1. The zero-order chi connectivity index (χ0) is 104. The van der Waals surface area contributed by atoms with E-state index in [1.807, 2.05) is 145 Å². The van der Waals surface area contributed by atoms with Crippen molar-refractivity contribution in [1.29, 1.82) is 5.26 Å². The summed E-state index contributed by atoms with van der Waals surface area (Å²) in [6.07, 6.45) is 19.0. The zero-order valence-electron chi connectivity index (χ0n) is 86.6. The summed E-state index contributed by atoms with van der Waals surface area (Å²) in [6.45, 7) is 52.8. The molecule has 6 atom stereocenters. The number of rotatable bonds is 6. The van der Waals surface area contributed by atoms with Crippen LogP contribution in [0.2, 0.25) is 5.02 Å². The second-order valence-electron chi connectivity index (χ2n) is 47.0. The molecule has 24 rings (SSSR count). The minimum atomic E-state index is -0.376. The Labute approximate surface area is 857 Å². The van der Waals surface area contributed by atoms with Gasteiger partial charge in [-0.1, -0.05) is 207 Å². The highest BCUT2D eigenvalue weighted by atomic mass is 35.5. The van der Waals surface area contributed by atoms with E-state index >= 15 is 0 Å². The first-order valence-electron chi connectivity index (χ1n) is 50.8. The molecule has 23 nitrogen and oxygen atoms in total. The van der Waals surface area contributed by atoms with E-state index < -0.39 is 0 Å². The molecule has 744 valence electrons. The molecule has 0 saturated heterocycles. The summed E-state index contributed by atoms with van der Waals surface area (Å²) in [7, 11) is 0. The maximum atomic E-state index is 13.6. The Morgan fingerprint density at radius 2 is 0.685 bits per heavy atom. The van der Waals surface area contributed by atoms with Crippen LogP contribution in [0.4, 0.5) is 15.8 Å². The predicted molar refractivity (Wildman–Crippen MR) is 560 cm³/mol. The lowest BCUT2D eigenvalue weighted by atomic mass is 9.65. The molecular weight excluding hydrogens is 1840 g/mol. The summed E-state index contributed by atoms with van der Waals surface area (Å²) >= 11 is 6.38. The standard InChI is InChI=1S/3C21H21N3O.C20H20ClFN2O.2C19H21N3O/c1-12-18-16(24-23-12)9-14-10-21(2,3)11-17(25)19(14)20(18)13-6-5-7-15(8-13)22-4;1-12-18-16(24-23-12)9-13-10-21(2,3)11-17(25)19(13)20(18)14-7-5-6-8-15(14)22-4;1-12-18-16(24-23-12)8-15-9-21(2,3)10-17(25)19(15)20(18)14-6-4-13(11-22)5-7-14;1-10-17-15(24-23-10)6-11-8-20(2,3)9-16(25)18(11)19(17)13-5-4-12(22)7-14(13)21;1-11-16-14(22-21-11)7-13-8-19(2,3)9-15(23)17(13)18(16)12-5-4-6-20-10-12;1-11-16-14(22-21-11)8-12-9-19(2,3)10-15(23)17(12)18(16)13-6-4-5-7-20-13/h2*5-8,20H,9-11H2,1-3H3,(H,23,24);4-7,20H,8-10H2,1-3H3,(H,23,24);4-5,7,19H,6,8-9H2,1-3H3,(H,23,24);4-6,10,18H,7-9H2,1-3H3,(H,21,22);4-7,18H,8-10H2,1-3H3,(H,21,22). The fourth-order valence-corrected chi connectivity index (χ4v) is 26.4. The van der Waals surface area contributed by atoms with Gasteiger partial charge in [0.05, 0.1) is 70.6 Å². The Morgan fingerprint density at radius 3 is 1.03 bits per heavy atom. The molecule has 4 aromatic carbocycles. The van der Waals surface area contributed by atoms with Crippen LogP contribution in [0.1, 0.15) is 336 Å². The third-order valence-electron chi connectivity index (χ3n) is 31.6. The van der Waals surface area contributed by atoms with Gasteiger partial charge in [-0.2, -0.15) is 35.9 Å². The number of benzene rings is 4. The van der Waals surface area contributed by atoms with Gasteiger partial charge in [0.1, 0.15) is 5.82 Å². The number of fused-ring (bicyclic) bond motifs is 6. The SMILES string of the molecule is Cc1[nH]nc2c1C(c1ccc(C#N)cc1)C1=C(C2)CC(C)(C)CC1=O.Cc1[nH]nc2c1C(c1ccc(F)cc1Cl)C1=C(C2)CC(C)(C)CC1=O.Cc1[nH]nc2c1C(c1ccccn1)C1=C(C2)CC(C)(C)CC1=O.Cc1[nH]nc2c1C(c1cccnc1)C1=C(C2)CC(C)(C)CC1=O.[C-]#[N+]c1cccc(C2C3=C(Cc4n[nH]c(C)c42)CC(C)(C)CC3=O)c1.[C-]#[N+]c1ccccc1C1C2=C(Cc3n[nH]c(C)c31)CC(C)(C)CC2=O. The van der Waals surface area contributed by atoms with E-state index in [-0.39, 0.29) is 109 Å². The van der Waals surface area contributed by atoms with Gasteiger partial charge in [0.25, 0.3) is 0 Å². The molecule has 0 amide bonds. The smallest absolute Gasteiger partial charge is 0.191 e. The minimum Gasteiger partial charge on any atom is -0.294 e. The summed E-state index contributed by atoms with van der Waals surface area (Å²) in [5, 5.41) is 55.0. The number of nitrogens with zero attached hydrogens (tertiary/aromatic N) is 11. The monoisotopic (exact) mass is 1970 g/mol. The maximum absolute atomic E-state index is 13.6. The summed E-state index contributed by atoms with van der Waals surface area (Å²) < 4.78 is 13.6. The second-order valence-corrected chi connectivity index (χ2v) is 47.4. The number of nitrogens with one attached hydrogen (secondary N) is 6. The van der Waals surface area contributed by atoms with Crippen molar-refractivity contribution in [2.75, 3.05) is 0 Å². The Balaban J connectivity index is 0.000000111. The van der Waals surface area contributed by atoms with Crippen molar-refractivity contribution in [2.45, 2.75) is 276 Å². The van der Waals surface area contributed by atoms with Gasteiger partial charge in [0.15, 0.2) is 46.1 Å². The lowest BCUT2D eigenvalue weighted by Gasteiger charge is -2.38. The first-order valence-corrected chi connectivity index (χ1v) is 51.2. The number of aryl methyl sites for hydroxylation is 6. The Morgan fingerprint density at radius 1 is 0.349 bits per heavy atom. The van der Waals surface area contributed by atoms with Gasteiger partial charge >= 0.3 is 0 Å². The number of H-pyrrole nitrogens is 6. The van der Waals surface area contributed by atoms with Crippen LogP contribution in [0.5, 0.6) is 0 Å². The van der Waals surface area contributed by atoms with Gasteiger partial charge in [-0.25, -0.2) is 14.1 Å². The summed E-state index contributed by atoms with van der Waals surface area (Å²) in [6, 6.07) is 39.4. The molecule has 146 heavy (non-hydrogen) atoms. The molecule has 6 N–H and O–H groups in total. The summed E-state index contributed by atoms with van der Waals surface area (Å²) in [5.41, 5.74) is 39.6. The number of aromatic nitrogens is 14. The van der Waals surface area contributed by atoms with Gasteiger partial charge in [-0.3, -0.25) is 69.3 Å². The molecule has 0 spiro atoms. The topological polar surface area (TPSA) is 333 Å². The van der Waals surface area contributed by atoms with E-state index in [0.717, 1.165) is 239 Å². The largest absolute Gasteiger partial charge is 0.294 e. The highest BCUT2D eigenvalue weighted by Crippen LogP contribution is 2.58. The van der Waals surface area contributed by atoms with Gasteiger partial charge in [0.2, 0.25) is 0 Å². The van der Waals surface area contributed by atoms with Crippen molar-refractivity contribution in [3.8, 4) is 6.07 Å². The molecule has 0 bridgehead atoms. The van der Waals surface area contributed by atoms with Gasteiger partial charge in [-0.05, 0) is 183 Å². The van der Waals surface area contributed by atoms with Crippen LogP contribution < -0.4 is 0 Å². The van der Waals surface area contributed by atoms with E-state index in [4.69, 9.17) is 30.0 Å². The number of hydrogen-bond donors (Lipinski definition) is 6. The summed E-state index contributed by atoms with van der Waals surface area (Å²) in [4.78, 5) is 94.3. The van der Waals surface area contributed by atoms with Crippen molar-refractivity contribution in [1.82, 2.24) is 71.2 Å². The number of halogens is 2. The number of hydrogen-bond acceptors (Lipinski definition) is 15. The van der Waals surface area contributed by atoms with E-state index in [1.165, 1.54) is 45.6 Å². The van der Waals surface area contributed by atoms with E-state index in [9.17, 15) is 33.2 Å². The molecule has 8 aromatic heterocycles. The van der Waals surface area contributed by atoms with Crippen molar-refractivity contribution in [3.05, 3.63) is 381 Å². The molecule has 8 heterocycles. The molecule has 0 fully saturated rings. The maximum Gasteiger partial charge on any atom is 0.191 e. The molecule has 0 aliphatic heterocycles. The van der Waals surface area contributed by atoms with Crippen LogP contribution in [0.25, 0.3) is 9.69 Å². The van der Waals surface area contributed by atoms with Gasteiger partial charge < -0.3 is 0 Å². The molecule has 12 aliphatic rings. The lowest BCUT2D eigenvalue weighted by Crippen LogP contribution is -2.32. The normalized spacial score (nSPS) is 22.0. The average molecular weight is 1970 g/mol. The van der Waals surface area contributed by atoms with Crippen molar-refractivity contribution >= 4 is 57.7 Å². The van der Waals surface area contributed by atoms with E-state index in [2.05, 4.69) is 176 Å². The zero-order valence-corrected chi connectivity index (χ0v) is 87.4. The van der Waals surface area contributed by atoms with Crippen LogP contribution in [0.15, 0.2) is 207 Å². The first kappa shape index (κ1) is 100. The molecule has 25 heteroatoms. The highest BCUT2D eigenvalue weighted by Gasteiger charge is 2.50. The molecule has 12 aromatic rings. The van der Waals surface area contributed by atoms with Crippen LogP contribution in [0.3, 0.4) is 0 Å². The quantitative estimate of drug-likeness (QED) is 0.0843. The number of pyridine rings is 2. The number of carbonyl (C=O) groups excluding carboxylic acids is 6. The van der Waals surface area contributed by atoms with Crippen LogP contribution in [-0.4, -0.2) is 106 Å². The number of aromatic amines is 6. The third kappa shape index (κ3) is 19.3. The fourth-order valence-electron chi connectivity index (χ4n) is 26.1. The Hall–Kier alpha value is -14.4. The third-order valence-corrected chi connectivity index (χ3v) is 31.9. The molecule has 6 unspecified atom stereocenters. The fraction of sp³-hybridized carbons (Fsp3) is 0.397. The molecule has 0 saturated carbocycles. The molecule has 12 aliphatic carbocycles. The number of allylic oxidation sites excluding steroid dienone is 12. The first-order chi connectivity index (χ1) is 69.4. The van der Waals surface area contributed by atoms with Gasteiger partial charge in [0, 0.05) is 231 Å². The second kappa shape index (κ2) is 38.5. The average Bonchev–Trinajstić information content (AvgIpc) is 1.50. The van der Waals surface area contributed by atoms with Crippen molar-refractivity contribution in [2.24, 2.45) is 32.5 Å². The van der Waals surface area contributed by atoms with E-state index in [1.54, 1.807) is 18.5 Å². The number of nitriles is 1. The lowest BCUT2D eigenvalue weighted by molar-refractivity contribution is -0.119. The minimum absolute atomic E-state index is 0.00167. The molecular formula is C121H125ClFN17O6. The molecule has 0 radical (unpaired) electrons. The number of para-hydroxylation sites is 1. The summed E-state index contributed by atoms with van der Waals surface area (Å²) in [5.74, 6) is 0.362. The van der Waals surface area contributed by atoms with Crippen LogP contribution in [0, 0.1) is 104 Å². The van der Waals surface area contributed by atoms with Crippen molar-refractivity contribution < 1.29 is 33.2 Å². The van der Waals surface area contributed by atoms with Crippen LogP contribution in [-0.2, 0) is 67.3 Å². The van der Waals surface area contributed by atoms with E-state index in [0.29, 0.717) is 66.9 Å². The number of ketones is 6. The number of carbonyl (C=O) groups is 6. The Bertz CT molecular complexity index is 7610. The van der Waals surface area contributed by atoms with Gasteiger partial charge in [-0.15, -0.1) is 0 Å². The highest BCUT2D eigenvalue weighted by molar-refractivity contribution is 6.31. The van der Waals surface area contributed by atoms with Crippen molar-refractivity contribution in [3.63, 3.8) is 0 Å².